The number of amides is 1. The minimum Gasteiger partial charge on any atom is -0.469 e. The molecule has 1 heterocycles. The molecule has 0 aromatic carbocycles. The van der Waals surface area contributed by atoms with Crippen molar-refractivity contribution >= 4 is 33.7 Å². The fourth-order valence-electron chi connectivity index (χ4n) is 1.82. The van der Waals surface area contributed by atoms with Gasteiger partial charge in [-0.1, -0.05) is 0 Å². The Balaban J connectivity index is 2.17. The van der Waals surface area contributed by atoms with Gasteiger partial charge in [0, 0.05) is 18.8 Å². The van der Waals surface area contributed by atoms with Gasteiger partial charge in [0.2, 0.25) is 15.9 Å². The fourth-order valence-corrected chi connectivity index (χ4v) is 3.86. The molecule has 0 aliphatic carbocycles. The Morgan fingerprint density at radius 2 is 2.19 bits per heavy atom. The minimum atomic E-state index is -3.69. The highest BCUT2D eigenvalue weighted by atomic mass is 32.2. The number of carbonyl (C=O) groups excluding carboxylic acids is 2. The number of hydrogen-bond acceptors (Lipinski definition) is 7. The lowest BCUT2D eigenvalue weighted by Crippen LogP contribution is -2.34. The summed E-state index contributed by atoms with van der Waals surface area (Å²) in [4.78, 5) is 22.4. The van der Waals surface area contributed by atoms with Crippen LogP contribution in [-0.2, 0) is 29.1 Å². The van der Waals surface area contributed by atoms with Gasteiger partial charge in [0.1, 0.15) is 0 Å². The third kappa shape index (κ3) is 8.27. The predicted octanol–water partition coefficient (Wildman–Crippen LogP) is 0.298. The number of carbonyl (C=O) groups is 2. The van der Waals surface area contributed by atoms with E-state index < -0.39 is 21.9 Å². The molecule has 0 aromatic rings. The summed E-state index contributed by atoms with van der Waals surface area (Å²) in [5, 5.41) is 0. The van der Waals surface area contributed by atoms with Gasteiger partial charge in [-0.15, -0.1) is 11.8 Å². The number of ether oxygens (including phenoxy) is 2. The fraction of sp³-hybridized carbons (Fsp3) is 0.833. The van der Waals surface area contributed by atoms with Crippen LogP contribution in [0.5, 0.6) is 0 Å². The number of methoxy groups -OCH3 is 1. The number of sulfonamides is 1. The van der Waals surface area contributed by atoms with Crippen molar-refractivity contribution in [2.24, 2.45) is 0 Å². The molecule has 1 saturated heterocycles. The lowest BCUT2D eigenvalue weighted by atomic mass is 10.3. The second kappa shape index (κ2) is 9.26. The van der Waals surface area contributed by atoms with E-state index >= 15 is 0 Å². The molecule has 0 saturated carbocycles. The van der Waals surface area contributed by atoms with E-state index in [9.17, 15) is 18.0 Å². The van der Waals surface area contributed by atoms with Gasteiger partial charge in [0.15, 0.2) is 0 Å². The van der Waals surface area contributed by atoms with Gasteiger partial charge in [0.25, 0.3) is 0 Å². The predicted molar refractivity (Wildman–Crippen MR) is 79.5 cm³/mol. The Kier molecular flexibility index (Phi) is 8.05. The summed E-state index contributed by atoms with van der Waals surface area (Å²) in [5.41, 5.74) is 0. The van der Waals surface area contributed by atoms with E-state index in [0.717, 1.165) is 19.4 Å². The molecule has 1 aliphatic heterocycles. The summed E-state index contributed by atoms with van der Waals surface area (Å²) in [6, 6.07) is 0. The normalized spacial score (nSPS) is 18.4. The molecule has 1 rings (SSSR count). The van der Waals surface area contributed by atoms with E-state index in [4.69, 9.17) is 4.74 Å². The van der Waals surface area contributed by atoms with Crippen LogP contribution in [0.3, 0.4) is 0 Å². The third-order valence-electron chi connectivity index (χ3n) is 2.85. The van der Waals surface area contributed by atoms with Crippen molar-refractivity contribution in [2.75, 3.05) is 31.0 Å². The number of thioether (sulfide) groups is 1. The first-order chi connectivity index (χ1) is 9.93. The zero-order valence-electron chi connectivity index (χ0n) is 12.0. The highest BCUT2D eigenvalue weighted by Gasteiger charge is 2.18. The number of hydrogen-bond donors (Lipinski definition) is 1. The second-order valence-corrected chi connectivity index (χ2v) is 7.55. The largest absolute Gasteiger partial charge is 0.469 e. The molecule has 1 aliphatic rings. The van der Waals surface area contributed by atoms with Gasteiger partial charge in [-0.3, -0.25) is 14.3 Å². The maximum absolute atomic E-state index is 11.6. The Hall–Kier alpha value is -0.800. The third-order valence-corrected chi connectivity index (χ3v) is 5.29. The molecule has 1 N–H and O–H groups in total. The van der Waals surface area contributed by atoms with Crippen molar-refractivity contribution in [1.29, 1.82) is 0 Å². The SMILES string of the molecule is COC(=O)CCCS(=O)(=O)NC(=O)CSC[C@H]1CCCO1. The van der Waals surface area contributed by atoms with Crippen molar-refractivity contribution < 1.29 is 27.5 Å². The van der Waals surface area contributed by atoms with E-state index in [1.54, 1.807) is 0 Å². The van der Waals surface area contributed by atoms with E-state index in [0.29, 0.717) is 5.75 Å². The van der Waals surface area contributed by atoms with Crippen LogP contribution in [0.25, 0.3) is 0 Å². The average molecular weight is 339 g/mol. The number of nitrogens with one attached hydrogen (secondary N) is 1. The molecule has 0 unspecified atom stereocenters. The van der Waals surface area contributed by atoms with Crippen molar-refractivity contribution in [3.63, 3.8) is 0 Å². The molecular weight excluding hydrogens is 318 g/mol. The van der Waals surface area contributed by atoms with Gasteiger partial charge >= 0.3 is 5.97 Å². The van der Waals surface area contributed by atoms with Gasteiger partial charge < -0.3 is 9.47 Å². The lowest BCUT2D eigenvalue weighted by Gasteiger charge is -2.09. The van der Waals surface area contributed by atoms with Crippen LogP contribution >= 0.6 is 11.8 Å². The molecule has 1 atom stereocenters. The molecule has 0 radical (unpaired) electrons. The van der Waals surface area contributed by atoms with Crippen LogP contribution < -0.4 is 4.72 Å². The minimum absolute atomic E-state index is 0.0133. The molecule has 21 heavy (non-hydrogen) atoms. The van der Waals surface area contributed by atoms with Crippen molar-refractivity contribution in [1.82, 2.24) is 4.72 Å². The molecular formula is C12H21NO6S2. The van der Waals surface area contributed by atoms with E-state index in [1.165, 1.54) is 18.9 Å². The first kappa shape index (κ1) is 18.2. The number of rotatable bonds is 9. The molecule has 0 aromatic heterocycles. The molecule has 122 valence electrons. The number of esters is 1. The van der Waals surface area contributed by atoms with Gasteiger partial charge in [-0.25, -0.2) is 8.42 Å². The van der Waals surface area contributed by atoms with Crippen LogP contribution in [0.1, 0.15) is 25.7 Å². The van der Waals surface area contributed by atoms with Crippen LogP contribution in [0.4, 0.5) is 0 Å². The average Bonchev–Trinajstić information content (AvgIpc) is 2.90. The summed E-state index contributed by atoms with van der Waals surface area (Å²) < 4.78 is 35.0. The van der Waals surface area contributed by atoms with Crippen LogP contribution in [0.15, 0.2) is 0 Å². The first-order valence-electron chi connectivity index (χ1n) is 6.72. The van der Waals surface area contributed by atoms with Gasteiger partial charge in [0.05, 0.1) is 24.7 Å². The smallest absolute Gasteiger partial charge is 0.305 e. The maximum Gasteiger partial charge on any atom is 0.305 e. The monoisotopic (exact) mass is 339 g/mol. The first-order valence-corrected chi connectivity index (χ1v) is 9.53. The van der Waals surface area contributed by atoms with Crippen LogP contribution in [0, 0.1) is 0 Å². The van der Waals surface area contributed by atoms with Gasteiger partial charge in [-0.2, -0.15) is 0 Å². The topological polar surface area (TPSA) is 98.8 Å². The molecule has 0 bridgehead atoms. The Morgan fingerprint density at radius 1 is 1.43 bits per heavy atom. The summed E-state index contributed by atoms with van der Waals surface area (Å²) in [6.07, 6.45) is 2.32. The Labute approximate surface area is 129 Å². The van der Waals surface area contributed by atoms with E-state index in [-0.39, 0.29) is 30.5 Å². The molecule has 1 fully saturated rings. The summed E-state index contributed by atoms with van der Waals surface area (Å²) in [5.74, 6) is -0.518. The highest BCUT2D eigenvalue weighted by Crippen LogP contribution is 2.16. The quantitative estimate of drug-likeness (QED) is 0.603. The Bertz CT molecular complexity index is 445. The summed E-state index contributed by atoms with van der Waals surface area (Å²) in [6.45, 7) is 0.756. The van der Waals surface area contributed by atoms with Crippen molar-refractivity contribution in [3.8, 4) is 0 Å². The summed E-state index contributed by atoms with van der Waals surface area (Å²) >= 11 is 1.36. The second-order valence-electron chi connectivity index (χ2n) is 4.67. The van der Waals surface area contributed by atoms with Gasteiger partial charge in [-0.05, 0) is 19.3 Å². The lowest BCUT2D eigenvalue weighted by molar-refractivity contribution is -0.140. The van der Waals surface area contributed by atoms with Crippen LogP contribution in [-0.4, -0.2) is 57.4 Å². The highest BCUT2D eigenvalue weighted by molar-refractivity contribution is 8.00. The standard InChI is InChI=1S/C12H21NO6S2/c1-18-12(15)5-3-7-21(16,17)13-11(14)9-20-8-10-4-2-6-19-10/h10H,2-9H2,1H3,(H,13,14)/t10-/m1/s1. The molecule has 1 amide bonds. The molecule has 9 heteroatoms. The Morgan fingerprint density at radius 3 is 2.81 bits per heavy atom. The van der Waals surface area contributed by atoms with E-state index in [1.807, 2.05) is 4.72 Å². The zero-order chi connectivity index (χ0) is 15.7. The zero-order valence-corrected chi connectivity index (χ0v) is 13.6. The van der Waals surface area contributed by atoms with E-state index in [2.05, 4.69) is 4.74 Å². The van der Waals surface area contributed by atoms with Crippen LogP contribution in [0.2, 0.25) is 0 Å². The molecule has 0 spiro atoms. The maximum atomic E-state index is 11.6. The molecule has 7 nitrogen and oxygen atoms in total. The van der Waals surface area contributed by atoms with Crippen molar-refractivity contribution in [2.45, 2.75) is 31.8 Å². The summed E-state index contributed by atoms with van der Waals surface area (Å²) in [7, 11) is -2.45. The van der Waals surface area contributed by atoms with Crippen molar-refractivity contribution in [3.05, 3.63) is 0 Å².